The quantitative estimate of drug-likeness (QED) is 0.844. The topological polar surface area (TPSA) is 58.6 Å². The maximum atomic E-state index is 13.3. The number of alkyl halides is 3. The molecule has 0 radical (unpaired) electrons. The molecule has 1 unspecified atom stereocenters. The van der Waals surface area contributed by atoms with E-state index in [1.54, 1.807) is 0 Å². The van der Waals surface area contributed by atoms with Crippen molar-refractivity contribution >= 4 is 11.8 Å². The van der Waals surface area contributed by atoms with Crippen LogP contribution in [0.15, 0.2) is 24.3 Å². The van der Waals surface area contributed by atoms with Gasteiger partial charge in [0.2, 0.25) is 5.91 Å². The van der Waals surface area contributed by atoms with Crippen LogP contribution in [0.25, 0.3) is 0 Å². The molecule has 1 heterocycles. The molecule has 28 heavy (non-hydrogen) atoms. The molecular weight excluding hydrogens is 373 g/mol. The fourth-order valence-corrected chi connectivity index (χ4v) is 4.02. The van der Waals surface area contributed by atoms with Gasteiger partial charge >= 0.3 is 6.18 Å². The van der Waals surface area contributed by atoms with Crippen LogP contribution in [0.5, 0.6) is 0 Å². The highest BCUT2D eigenvalue weighted by molar-refractivity contribution is 5.98. The summed E-state index contributed by atoms with van der Waals surface area (Å²) < 4.78 is 45.2. The smallest absolute Gasteiger partial charge is 0.353 e. The van der Waals surface area contributed by atoms with Gasteiger partial charge in [0.25, 0.3) is 5.91 Å². The standard InChI is InChI=1S/C20H25F3N2O3/c1-13(2)24-17(26)16-12-28-19(9-4-3-5-10-19)25(16)18(27)14-7-6-8-15(11-14)20(21,22)23/h6-8,11,13,16H,3-5,9-10,12H2,1-2H3,(H,24,26). The second-order valence-corrected chi connectivity index (χ2v) is 7.75. The van der Waals surface area contributed by atoms with Gasteiger partial charge in [-0.15, -0.1) is 0 Å². The van der Waals surface area contributed by atoms with Crippen molar-refractivity contribution in [3.63, 3.8) is 0 Å². The van der Waals surface area contributed by atoms with Gasteiger partial charge in [-0.05, 0) is 57.7 Å². The molecule has 154 valence electrons. The summed E-state index contributed by atoms with van der Waals surface area (Å²) in [6, 6.07) is 3.35. The molecule has 3 rings (SSSR count). The van der Waals surface area contributed by atoms with Crippen molar-refractivity contribution in [2.75, 3.05) is 6.61 Å². The van der Waals surface area contributed by atoms with Crippen LogP contribution >= 0.6 is 0 Å². The number of carbonyl (C=O) groups excluding carboxylic acids is 2. The first-order valence-corrected chi connectivity index (χ1v) is 9.59. The van der Waals surface area contributed by atoms with Crippen LogP contribution in [-0.2, 0) is 15.7 Å². The number of nitrogens with zero attached hydrogens (tertiary/aromatic N) is 1. The van der Waals surface area contributed by atoms with Crippen molar-refractivity contribution in [2.45, 2.75) is 69.9 Å². The van der Waals surface area contributed by atoms with Crippen LogP contribution in [0.1, 0.15) is 61.9 Å². The highest BCUT2D eigenvalue weighted by Crippen LogP contribution is 2.41. The summed E-state index contributed by atoms with van der Waals surface area (Å²) in [5.41, 5.74) is -1.91. The largest absolute Gasteiger partial charge is 0.416 e. The van der Waals surface area contributed by atoms with Gasteiger partial charge in [0.15, 0.2) is 0 Å². The van der Waals surface area contributed by atoms with Crippen molar-refractivity contribution in [3.8, 4) is 0 Å². The van der Waals surface area contributed by atoms with Crippen LogP contribution in [0.2, 0.25) is 0 Å². The molecule has 1 aromatic carbocycles. The lowest BCUT2D eigenvalue weighted by Gasteiger charge is -2.41. The molecule has 0 aromatic heterocycles. The Labute approximate surface area is 162 Å². The predicted molar refractivity (Wildman–Crippen MR) is 96.4 cm³/mol. The third-order valence-electron chi connectivity index (χ3n) is 5.28. The zero-order valence-corrected chi connectivity index (χ0v) is 16.0. The molecule has 2 aliphatic rings. The van der Waals surface area contributed by atoms with Gasteiger partial charge in [-0.1, -0.05) is 12.5 Å². The average molecular weight is 398 g/mol. The fraction of sp³-hybridized carbons (Fsp3) is 0.600. The molecule has 1 aromatic rings. The van der Waals surface area contributed by atoms with Crippen LogP contribution in [-0.4, -0.2) is 41.1 Å². The lowest BCUT2D eigenvalue weighted by Crippen LogP contribution is -2.57. The van der Waals surface area contributed by atoms with E-state index in [-0.39, 0.29) is 24.1 Å². The Morgan fingerprint density at radius 3 is 2.50 bits per heavy atom. The first-order chi connectivity index (χ1) is 13.1. The van der Waals surface area contributed by atoms with Crippen molar-refractivity contribution in [1.82, 2.24) is 10.2 Å². The maximum Gasteiger partial charge on any atom is 0.416 e. The zero-order valence-electron chi connectivity index (χ0n) is 16.0. The van der Waals surface area contributed by atoms with E-state index in [9.17, 15) is 22.8 Å². The van der Waals surface area contributed by atoms with Crippen molar-refractivity contribution in [2.24, 2.45) is 0 Å². The predicted octanol–water partition coefficient (Wildman–Crippen LogP) is 3.73. The number of halogens is 3. The molecule has 1 saturated carbocycles. The number of amides is 2. The molecule has 0 bridgehead atoms. The Morgan fingerprint density at radius 1 is 1.21 bits per heavy atom. The molecule has 1 saturated heterocycles. The van der Waals surface area contributed by atoms with Gasteiger partial charge in [0.1, 0.15) is 11.8 Å². The lowest BCUT2D eigenvalue weighted by atomic mass is 9.89. The molecular formula is C20H25F3N2O3. The molecule has 8 heteroatoms. The number of ether oxygens (including phenoxy) is 1. The lowest BCUT2D eigenvalue weighted by molar-refractivity contribution is -0.137. The number of hydrogen-bond acceptors (Lipinski definition) is 3. The Balaban J connectivity index is 1.97. The van der Waals surface area contributed by atoms with E-state index in [0.29, 0.717) is 12.8 Å². The van der Waals surface area contributed by atoms with Crippen molar-refractivity contribution in [1.29, 1.82) is 0 Å². The SMILES string of the molecule is CC(C)NC(=O)C1COC2(CCCCC2)N1C(=O)c1cccc(C(F)(F)F)c1. The van der Waals surface area contributed by atoms with E-state index < -0.39 is 29.4 Å². The second kappa shape index (κ2) is 7.73. The summed E-state index contributed by atoms with van der Waals surface area (Å²) in [6.07, 6.45) is -0.726. The molecule has 1 aliphatic carbocycles. The summed E-state index contributed by atoms with van der Waals surface area (Å²) in [5, 5.41) is 2.79. The molecule has 1 spiro atoms. The van der Waals surface area contributed by atoms with Crippen molar-refractivity contribution < 1.29 is 27.5 Å². The van der Waals surface area contributed by atoms with Gasteiger partial charge in [-0.3, -0.25) is 14.5 Å². The Hall–Kier alpha value is -2.09. The van der Waals surface area contributed by atoms with Gasteiger partial charge in [-0.25, -0.2) is 0 Å². The molecule has 5 nitrogen and oxygen atoms in total. The first-order valence-electron chi connectivity index (χ1n) is 9.59. The highest BCUT2D eigenvalue weighted by atomic mass is 19.4. The minimum Gasteiger partial charge on any atom is -0.353 e. The summed E-state index contributed by atoms with van der Waals surface area (Å²) in [6.45, 7) is 3.66. The van der Waals surface area contributed by atoms with Gasteiger partial charge in [-0.2, -0.15) is 13.2 Å². The number of carbonyl (C=O) groups is 2. The monoisotopic (exact) mass is 398 g/mol. The zero-order chi connectivity index (χ0) is 20.5. The minimum atomic E-state index is -4.55. The van der Waals surface area contributed by atoms with E-state index in [4.69, 9.17) is 4.74 Å². The van der Waals surface area contributed by atoms with E-state index >= 15 is 0 Å². The molecule has 1 atom stereocenters. The third kappa shape index (κ3) is 4.01. The number of benzene rings is 1. The maximum absolute atomic E-state index is 13.3. The van der Waals surface area contributed by atoms with Crippen molar-refractivity contribution in [3.05, 3.63) is 35.4 Å². The van der Waals surface area contributed by atoms with Crippen LogP contribution < -0.4 is 5.32 Å². The Bertz CT molecular complexity index is 742. The van der Waals surface area contributed by atoms with E-state index in [0.717, 1.165) is 31.4 Å². The molecule has 1 aliphatic heterocycles. The molecule has 2 fully saturated rings. The number of hydrogen-bond donors (Lipinski definition) is 1. The Morgan fingerprint density at radius 2 is 1.89 bits per heavy atom. The van der Waals surface area contributed by atoms with Crippen LogP contribution in [0.4, 0.5) is 13.2 Å². The van der Waals surface area contributed by atoms with Crippen LogP contribution in [0, 0.1) is 0 Å². The number of rotatable bonds is 3. The first kappa shape index (κ1) is 20.6. The normalized spacial score (nSPS) is 21.9. The molecule has 1 N–H and O–H groups in total. The van der Waals surface area contributed by atoms with Gasteiger partial charge < -0.3 is 10.1 Å². The second-order valence-electron chi connectivity index (χ2n) is 7.75. The summed E-state index contributed by atoms with van der Waals surface area (Å²) in [7, 11) is 0. The van der Waals surface area contributed by atoms with Gasteiger partial charge in [0.05, 0.1) is 12.2 Å². The summed E-state index contributed by atoms with van der Waals surface area (Å²) in [4.78, 5) is 27.4. The summed E-state index contributed by atoms with van der Waals surface area (Å²) >= 11 is 0. The third-order valence-corrected chi connectivity index (χ3v) is 5.28. The fourth-order valence-electron chi connectivity index (χ4n) is 4.02. The van der Waals surface area contributed by atoms with Gasteiger partial charge in [0, 0.05) is 11.6 Å². The molecule has 2 amide bonds. The number of nitrogens with one attached hydrogen (secondary N) is 1. The average Bonchev–Trinajstić information content (AvgIpc) is 2.99. The van der Waals surface area contributed by atoms with E-state index in [2.05, 4.69) is 5.32 Å². The highest BCUT2D eigenvalue weighted by Gasteiger charge is 2.53. The van der Waals surface area contributed by atoms with E-state index in [1.807, 2.05) is 13.8 Å². The van der Waals surface area contributed by atoms with Crippen LogP contribution in [0.3, 0.4) is 0 Å². The van der Waals surface area contributed by atoms with E-state index in [1.165, 1.54) is 17.0 Å². The summed E-state index contributed by atoms with van der Waals surface area (Å²) in [5.74, 6) is -0.952. The Kier molecular flexibility index (Phi) is 5.70. The minimum absolute atomic E-state index is 0.0449.